The van der Waals surface area contributed by atoms with E-state index in [0.29, 0.717) is 12.2 Å². The standard InChI is InChI=1S/C21H28ClN3O4S/c1-15-20(12-19(24(15)2)21(26)29-3)30(27,28)23-13-16-8-10-25(11-9-16)14-17-4-6-18(22)7-5-17/h4-7,12,16,23H,8-11,13-14H2,1-3H3. The van der Waals surface area contributed by atoms with Gasteiger partial charge in [0.1, 0.15) is 10.6 Å². The van der Waals surface area contributed by atoms with Crippen molar-refractivity contribution in [1.29, 1.82) is 0 Å². The van der Waals surface area contributed by atoms with Gasteiger partial charge in [-0.15, -0.1) is 0 Å². The smallest absolute Gasteiger partial charge is 0.354 e. The largest absolute Gasteiger partial charge is 0.464 e. The number of ether oxygens (including phenoxy) is 1. The van der Waals surface area contributed by atoms with Crippen LogP contribution in [0.5, 0.6) is 0 Å². The van der Waals surface area contributed by atoms with Crippen molar-refractivity contribution >= 4 is 27.6 Å². The van der Waals surface area contributed by atoms with Crippen molar-refractivity contribution in [2.24, 2.45) is 13.0 Å². The van der Waals surface area contributed by atoms with Gasteiger partial charge in [-0.2, -0.15) is 0 Å². The Morgan fingerprint density at radius 1 is 1.23 bits per heavy atom. The summed E-state index contributed by atoms with van der Waals surface area (Å²) in [6.45, 7) is 4.78. The third-order valence-electron chi connectivity index (χ3n) is 5.76. The zero-order valence-corrected chi connectivity index (χ0v) is 19.1. The van der Waals surface area contributed by atoms with Crippen LogP contribution in [-0.4, -0.2) is 50.6 Å². The lowest BCUT2D eigenvalue weighted by Gasteiger charge is -2.32. The number of hydrogen-bond donors (Lipinski definition) is 1. The van der Waals surface area contributed by atoms with E-state index in [1.165, 1.54) is 23.3 Å². The number of rotatable bonds is 7. The van der Waals surface area contributed by atoms with E-state index in [2.05, 4.69) is 9.62 Å². The topological polar surface area (TPSA) is 80.6 Å². The Morgan fingerprint density at radius 3 is 2.47 bits per heavy atom. The molecule has 2 heterocycles. The normalized spacial score (nSPS) is 16.0. The van der Waals surface area contributed by atoms with Crippen LogP contribution < -0.4 is 4.72 Å². The van der Waals surface area contributed by atoms with Gasteiger partial charge >= 0.3 is 5.97 Å². The molecule has 2 aromatic rings. The molecule has 1 aromatic heterocycles. The highest BCUT2D eigenvalue weighted by Crippen LogP contribution is 2.22. The Bertz CT molecular complexity index is 994. The Balaban J connectivity index is 1.55. The van der Waals surface area contributed by atoms with Crippen LogP contribution in [0.25, 0.3) is 0 Å². The number of carbonyl (C=O) groups is 1. The number of nitrogens with one attached hydrogen (secondary N) is 1. The maximum absolute atomic E-state index is 12.8. The molecule has 0 amide bonds. The number of likely N-dealkylation sites (tertiary alicyclic amines) is 1. The van der Waals surface area contributed by atoms with Crippen molar-refractivity contribution in [2.75, 3.05) is 26.7 Å². The number of hydrogen-bond acceptors (Lipinski definition) is 5. The molecule has 0 saturated carbocycles. The summed E-state index contributed by atoms with van der Waals surface area (Å²) in [5.74, 6) is -0.277. The van der Waals surface area contributed by atoms with Gasteiger partial charge in [-0.25, -0.2) is 17.9 Å². The molecule has 164 valence electrons. The fourth-order valence-electron chi connectivity index (χ4n) is 3.75. The predicted octanol–water partition coefficient (Wildman–Crippen LogP) is 2.96. The molecule has 0 aliphatic carbocycles. The molecule has 30 heavy (non-hydrogen) atoms. The Labute approximate surface area is 183 Å². The van der Waals surface area contributed by atoms with Gasteiger partial charge in [0.15, 0.2) is 0 Å². The van der Waals surface area contributed by atoms with Crippen LogP contribution in [0, 0.1) is 12.8 Å². The van der Waals surface area contributed by atoms with Crippen LogP contribution in [-0.2, 0) is 28.4 Å². The van der Waals surface area contributed by atoms with Gasteiger partial charge in [-0.1, -0.05) is 23.7 Å². The van der Waals surface area contributed by atoms with Crippen LogP contribution in [0.2, 0.25) is 5.02 Å². The van der Waals surface area contributed by atoms with Crippen molar-refractivity contribution in [2.45, 2.75) is 31.2 Å². The number of halogens is 1. The molecule has 0 unspecified atom stereocenters. The molecule has 1 N–H and O–H groups in total. The second-order valence-electron chi connectivity index (χ2n) is 7.73. The summed E-state index contributed by atoms with van der Waals surface area (Å²) in [5.41, 5.74) is 1.94. The number of piperidine rings is 1. The van der Waals surface area contributed by atoms with Crippen LogP contribution in [0.3, 0.4) is 0 Å². The average Bonchev–Trinajstić information content (AvgIpc) is 3.04. The quantitative estimate of drug-likeness (QED) is 0.652. The summed E-state index contributed by atoms with van der Waals surface area (Å²) in [7, 11) is -0.781. The second kappa shape index (κ2) is 9.51. The minimum Gasteiger partial charge on any atom is -0.464 e. The third kappa shape index (κ3) is 5.24. The molecule has 0 bridgehead atoms. The van der Waals surface area contributed by atoms with Crippen molar-refractivity contribution in [3.05, 3.63) is 52.3 Å². The first-order chi connectivity index (χ1) is 14.2. The van der Waals surface area contributed by atoms with E-state index in [0.717, 1.165) is 37.5 Å². The van der Waals surface area contributed by atoms with E-state index < -0.39 is 16.0 Å². The van der Waals surface area contributed by atoms with E-state index >= 15 is 0 Å². The van der Waals surface area contributed by atoms with Gasteiger partial charge in [-0.05, 0) is 62.5 Å². The molecule has 1 aliphatic rings. The first kappa shape index (κ1) is 22.8. The maximum Gasteiger partial charge on any atom is 0.354 e. The summed E-state index contributed by atoms with van der Waals surface area (Å²) in [4.78, 5) is 14.3. The number of carbonyl (C=O) groups excluding carboxylic acids is 1. The highest BCUT2D eigenvalue weighted by atomic mass is 35.5. The molecule has 1 fully saturated rings. The van der Waals surface area contributed by atoms with E-state index in [1.807, 2.05) is 24.3 Å². The van der Waals surface area contributed by atoms with Gasteiger partial charge in [-0.3, -0.25) is 4.90 Å². The number of sulfonamides is 1. The zero-order chi connectivity index (χ0) is 21.9. The molecular weight excluding hydrogens is 426 g/mol. The van der Waals surface area contributed by atoms with Crippen molar-refractivity contribution < 1.29 is 17.9 Å². The molecule has 3 rings (SSSR count). The maximum atomic E-state index is 12.8. The lowest BCUT2D eigenvalue weighted by Crippen LogP contribution is -2.38. The van der Waals surface area contributed by atoms with Gasteiger partial charge in [0.25, 0.3) is 0 Å². The van der Waals surface area contributed by atoms with Crippen molar-refractivity contribution in [3.63, 3.8) is 0 Å². The predicted molar refractivity (Wildman–Crippen MR) is 116 cm³/mol. The lowest BCUT2D eigenvalue weighted by atomic mass is 9.97. The molecular formula is C21H28ClN3O4S. The van der Waals surface area contributed by atoms with Gasteiger partial charge < -0.3 is 9.30 Å². The lowest BCUT2D eigenvalue weighted by molar-refractivity contribution is 0.0589. The fourth-order valence-corrected chi connectivity index (χ4v) is 5.28. The van der Waals surface area contributed by atoms with E-state index in [9.17, 15) is 13.2 Å². The summed E-state index contributed by atoms with van der Waals surface area (Å²) < 4.78 is 34.6. The fraction of sp³-hybridized carbons (Fsp3) is 0.476. The molecule has 1 saturated heterocycles. The molecule has 1 aromatic carbocycles. The third-order valence-corrected chi connectivity index (χ3v) is 7.55. The number of benzene rings is 1. The Kier molecular flexibility index (Phi) is 7.23. The monoisotopic (exact) mass is 453 g/mol. The van der Waals surface area contributed by atoms with E-state index in [1.54, 1.807) is 14.0 Å². The summed E-state index contributed by atoms with van der Waals surface area (Å²) >= 11 is 5.94. The molecule has 1 aliphatic heterocycles. The molecule has 0 radical (unpaired) electrons. The molecule has 9 heteroatoms. The first-order valence-corrected chi connectivity index (χ1v) is 11.8. The van der Waals surface area contributed by atoms with E-state index in [4.69, 9.17) is 16.3 Å². The van der Waals surface area contributed by atoms with Crippen LogP contribution in [0.15, 0.2) is 35.2 Å². The Hall–Kier alpha value is -1.87. The van der Waals surface area contributed by atoms with Crippen LogP contribution >= 0.6 is 11.6 Å². The minimum atomic E-state index is -3.70. The number of aromatic nitrogens is 1. The van der Waals surface area contributed by atoms with Crippen LogP contribution in [0.1, 0.15) is 34.6 Å². The first-order valence-electron chi connectivity index (χ1n) is 9.92. The van der Waals surface area contributed by atoms with Crippen molar-refractivity contribution in [1.82, 2.24) is 14.2 Å². The summed E-state index contributed by atoms with van der Waals surface area (Å²) in [5, 5.41) is 0.733. The summed E-state index contributed by atoms with van der Waals surface area (Å²) in [6, 6.07) is 9.24. The highest BCUT2D eigenvalue weighted by Gasteiger charge is 2.26. The van der Waals surface area contributed by atoms with Gasteiger partial charge in [0, 0.05) is 30.9 Å². The van der Waals surface area contributed by atoms with Gasteiger partial charge in [0.2, 0.25) is 10.0 Å². The average molecular weight is 454 g/mol. The Morgan fingerprint density at radius 2 is 1.87 bits per heavy atom. The zero-order valence-electron chi connectivity index (χ0n) is 17.5. The minimum absolute atomic E-state index is 0.116. The molecule has 0 atom stereocenters. The second-order valence-corrected chi connectivity index (χ2v) is 9.90. The molecule has 0 spiro atoms. The highest BCUT2D eigenvalue weighted by molar-refractivity contribution is 7.89. The van der Waals surface area contributed by atoms with Crippen molar-refractivity contribution in [3.8, 4) is 0 Å². The van der Waals surface area contributed by atoms with Gasteiger partial charge in [0.05, 0.1) is 7.11 Å². The van der Waals surface area contributed by atoms with E-state index in [-0.39, 0.29) is 16.5 Å². The summed E-state index contributed by atoms with van der Waals surface area (Å²) in [6.07, 6.45) is 1.86. The molecule has 7 nitrogen and oxygen atoms in total. The number of nitrogens with zero attached hydrogens (tertiary/aromatic N) is 2. The van der Waals surface area contributed by atoms with Crippen LogP contribution in [0.4, 0.5) is 0 Å². The SMILES string of the molecule is COC(=O)c1cc(S(=O)(=O)NCC2CCN(Cc3ccc(Cl)cc3)CC2)c(C)n1C. The number of esters is 1. The number of methoxy groups -OCH3 is 1.